The number of aryl methyl sites for hydroxylation is 4. The minimum absolute atomic E-state index is 0.137. The Kier molecular flexibility index (Phi) is 4.54. The Hall–Kier alpha value is -2.56. The summed E-state index contributed by atoms with van der Waals surface area (Å²) in [6.07, 6.45) is 5.99. The molecule has 1 fully saturated rings. The van der Waals surface area contributed by atoms with Crippen LogP contribution in [0.3, 0.4) is 0 Å². The van der Waals surface area contributed by atoms with Gasteiger partial charge in [0.1, 0.15) is 11.5 Å². The molecule has 0 saturated carbocycles. The number of aromatic amines is 1. The van der Waals surface area contributed by atoms with Gasteiger partial charge in [0.25, 0.3) is 5.91 Å². The zero-order chi connectivity index (χ0) is 19.1. The summed E-state index contributed by atoms with van der Waals surface area (Å²) in [7, 11) is 0. The highest BCUT2D eigenvalue weighted by atomic mass is 16.2. The molecule has 142 valence electrons. The molecule has 1 aromatic carbocycles. The van der Waals surface area contributed by atoms with Gasteiger partial charge in [0.2, 0.25) is 0 Å². The van der Waals surface area contributed by atoms with Gasteiger partial charge in [-0.1, -0.05) is 11.6 Å². The summed E-state index contributed by atoms with van der Waals surface area (Å²) in [6.45, 7) is 10.9. The van der Waals surface area contributed by atoms with Crippen molar-refractivity contribution < 1.29 is 4.79 Å². The number of likely N-dealkylation sites (tertiary alicyclic amines) is 1. The Labute approximate surface area is 160 Å². The van der Waals surface area contributed by atoms with Crippen LogP contribution in [0.25, 0.3) is 10.9 Å². The van der Waals surface area contributed by atoms with Gasteiger partial charge < -0.3 is 14.5 Å². The number of rotatable bonds is 3. The molecule has 2 aromatic heterocycles. The fourth-order valence-electron chi connectivity index (χ4n) is 4.35. The van der Waals surface area contributed by atoms with Crippen LogP contribution in [0.4, 0.5) is 0 Å². The SMILES string of the molecule is Cc1cc(C)c2[nH]c(C(=O)N3CCC(Cn4ccnc4C)CC3)c(C)c2c1. The third-order valence-corrected chi connectivity index (χ3v) is 6.00. The van der Waals surface area contributed by atoms with E-state index in [-0.39, 0.29) is 5.91 Å². The minimum Gasteiger partial charge on any atom is -0.350 e. The van der Waals surface area contributed by atoms with Gasteiger partial charge in [-0.15, -0.1) is 0 Å². The number of imidazole rings is 1. The fourth-order valence-corrected chi connectivity index (χ4v) is 4.35. The number of H-pyrrole nitrogens is 1. The first-order chi connectivity index (χ1) is 12.9. The van der Waals surface area contributed by atoms with E-state index in [9.17, 15) is 4.79 Å². The third-order valence-electron chi connectivity index (χ3n) is 6.00. The summed E-state index contributed by atoms with van der Waals surface area (Å²) in [6, 6.07) is 4.33. The van der Waals surface area contributed by atoms with Crippen LogP contribution in [-0.2, 0) is 6.54 Å². The zero-order valence-corrected chi connectivity index (χ0v) is 16.7. The maximum atomic E-state index is 13.1. The lowest BCUT2D eigenvalue weighted by atomic mass is 9.96. The molecule has 3 aromatic rings. The van der Waals surface area contributed by atoms with Crippen LogP contribution in [0.5, 0.6) is 0 Å². The first kappa shape index (κ1) is 17.8. The van der Waals surface area contributed by atoms with E-state index in [1.807, 2.05) is 24.2 Å². The molecule has 0 spiro atoms. The molecule has 0 atom stereocenters. The van der Waals surface area contributed by atoms with Crippen molar-refractivity contribution in [2.24, 2.45) is 5.92 Å². The lowest BCUT2D eigenvalue weighted by molar-refractivity contribution is 0.0677. The van der Waals surface area contributed by atoms with Gasteiger partial charge in [0.05, 0.1) is 0 Å². The number of amides is 1. The van der Waals surface area contributed by atoms with Gasteiger partial charge in [-0.25, -0.2) is 4.98 Å². The van der Waals surface area contributed by atoms with Gasteiger partial charge in [-0.05, 0) is 63.6 Å². The normalized spacial score (nSPS) is 15.6. The number of nitrogens with zero attached hydrogens (tertiary/aromatic N) is 3. The van der Waals surface area contributed by atoms with Gasteiger partial charge in [0, 0.05) is 42.9 Å². The summed E-state index contributed by atoms with van der Waals surface area (Å²) in [5.41, 5.74) is 5.34. The average molecular weight is 364 g/mol. The van der Waals surface area contributed by atoms with Crippen molar-refractivity contribution in [2.45, 2.75) is 47.1 Å². The third kappa shape index (κ3) is 3.27. The van der Waals surface area contributed by atoms with E-state index in [0.29, 0.717) is 5.92 Å². The number of hydrogen-bond donors (Lipinski definition) is 1. The molecule has 5 heteroatoms. The lowest BCUT2D eigenvalue weighted by Crippen LogP contribution is -2.39. The standard InChI is InChI=1S/C22H28N4O/c1-14-11-15(2)20-19(12-14)16(3)21(24-20)22(27)25-8-5-18(6-9-25)13-26-10-7-23-17(26)4/h7,10-12,18,24H,5-6,8-9,13H2,1-4H3. The number of fused-ring (bicyclic) bond motifs is 1. The Bertz CT molecular complexity index is 989. The topological polar surface area (TPSA) is 53.9 Å². The molecule has 4 rings (SSSR count). The number of nitrogens with one attached hydrogen (secondary N) is 1. The van der Waals surface area contributed by atoms with E-state index >= 15 is 0 Å². The molecule has 0 aliphatic carbocycles. The highest BCUT2D eigenvalue weighted by Gasteiger charge is 2.26. The van der Waals surface area contributed by atoms with Crippen molar-refractivity contribution in [3.63, 3.8) is 0 Å². The van der Waals surface area contributed by atoms with Crippen LogP contribution in [0, 0.1) is 33.6 Å². The summed E-state index contributed by atoms with van der Waals surface area (Å²) in [4.78, 5) is 22.9. The zero-order valence-electron chi connectivity index (χ0n) is 16.7. The number of carbonyl (C=O) groups is 1. The van der Waals surface area contributed by atoms with Crippen LogP contribution in [-0.4, -0.2) is 38.4 Å². The van der Waals surface area contributed by atoms with E-state index < -0.39 is 0 Å². The summed E-state index contributed by atoms with van der Waals surface area (Å²) in [5.74, 6) is 1.81. The molecule has 1 aliphatic heterocycles. The van der Waals surface area contributed by atoms with Crippen molar-refractivity contribution in [3.05, 3.63) is 52.7 Å². The first-order valence-electron chi connectivity index (χ1n) is 9.80. The molecular formula is C22H28N4O. The maximum absolute atomic E-state index is 13.1. The molecule has 3 heterocycles. The summed E-state index contributed by atoms with van der Waals surface area (Å²) < 4.78 is 2.22. The number of carbonyl (C=O) groups excluding carboxylic acids is 1. The van der Waals surface area contributed by atoms with Crippen molar-refractivity contribution >= 4 is 16.8 Å². The van der Waals surface area contributed by atoms with E-state index in [4.69, 9.17) is 0 Å². The van der Waals surface area contributed by atoms with Gasteiger partial charge >= 0.3 is 0 Å². The molecular weight excluding hydrogens is 336 g/mol. The number of hydrogen-bond acceptors (Lipinski definition) is 2. The molecule has 1 saturated heterocycles. The van der Waals surface area contributed by atoms with Crippen LogP contribution in [0.1, 0.15) is 45.8 Å². The molecule has 1 N–H and O–H groups in total. The average Bonchev–Trinajstić information content (AvgIpc) is 3.19. The van der Waals surface area contributed by atoms with Crippen LogP contribution in [0.15, 0.2) is 24.5 Å². The van der Waals surface area contributed by atoms with E-state index in [0.717, 1.165) is 55.1 Å². The smallest absolute Gasteiger partial charge is 0.270 e. The Morgan fingerprint density at radius 1 is 1.19 bits per heavy atom. The second-order valence-corrected chi connectivity index (χ2v) is 7.99. The van der Waals surface area contributed by atoms with Crippen molar-refractivity contribution in [1.29, 1.82) is 0 Å². The Morgan fingerprint density at radius 2 is 1.93 bits per heavy atom. The first-order valence-corrected chi connectivity index (χ1v) is 9.80. The number of benzene rings is 1. The molecule has 0 bridgehead atoms. The minimum atomic E-state index is 0.137. The maximum Gasteiger partial charge on any atom is 0.270 e. The van der Waals surface area contributed by atoms with Gasteiger partial charge in [0.15, 0.2) is 0 Å². The van der Waals surface area contributed by atoms with Crippen molar-refractivity contribution in [1.82, 2.24) is 19.4 Å². The molecule has 27 heavy (non-hydrogen) atoms. The van der Waals surface area contributed by atoms with E-state index in [1.54, 1.807) is 0 Å². The molecule has 1 aliphatic rings. The molecule has 0 unspecified atom stereocenters. The van der Waals surface area contributed by atoms with E-state index in [1.165, 1.54) is 16.5 Å². The largest absolute Gasteiger partial charge is 0.350 e. The molecule has 5 nitrogen and oxygen atoms in total. The molecule has 0 radical (unpaired) electrons. The number of piperidine rings is 1. The monoisotopic (exact) mass is 364 g/mol. The fraction of sp³-hybridized carbons (Fsp3) is 0.455. The van der Waals surface area contributed by atoms with Crippen LogP contribution in [0.2, 0.25) is 0 Å². The van der Waals surface area contributed by atoms with Crippen molar-refractivity contribution in [3.8, 4) is 0 Å². The highest BCUT2D eigenvalue weighted by Crippen LogP contribution is 2.28. The van der Waals surface area contributed by atoms with Crippen LogP contribution < -0.4 is 0 Å². The van der Waals surface area contributed by atoms with Gasteiger partial charge in [-0.3, -0.25) is 4.79 Å². The summed E-state index contributed by atoms with van der Waals surface area (Å²) in [5, 5.41) is 1.17. The highest BCUT2D eigenvalue weighted by molar-refractivity contribution is 6.01. The Morgan fingerprint density at radius 3 is 2.59 bits per heavy atom. The second-order valence-electron chi connectivity index (χ2n) is 7.99. The predicted molar refractivity (Wildman–Crippen MR) is 108 cm³/mol. The number of aromatic nitrogens is 3. The van der Waals surface area contributed by atoms with Crippen LogP contribution >= 0.6 is 0 Å². The Balaban J connectivity index is 1.48. The molecule has 1 amide bonds. The predicted octanol–water partition coefficient (Wildman–Crippen LogP) is 4.15. The quantitative estimate of drug-likeness (QED) is 0.759. The lowest BCUT2D eigenvalue weighted by Gasteiger charge is -2.32. The summed E-state index contributed by atoms with van der Waals surface area (Å²) >= 11 is 0. The van der Waals surface area contributed by atoms with Crippen molar-refractivity contribution in [2.75, 3.05) is 13.1 Å². The second kappa shape index (κ2) is 6.87. The van der Waals surface area contributed by atoms with E-state index in [2.05, 4.69) is 47.4 Å². The van der Waals surface area contributed by atoms with Gasteiger partial charge in [-0.2, -0.15) is 0 Å².